The van der Waals surface area contributed by atoms with Crippen LogP contribution < -0.4 is 10.1 Å². The average molecular weight is 421 g/mol. The van der Waals surface area contributed by atoms with Crippen molar-refractivity contribution in [3.63, 3.8) is 0 Å². The van der Waals surface area contributed by atoms with E-state index in [-0.39, 0.29) is 23.8 Å². The molecule has 0 bridgehead atoms. The predicted molar refractivity (Wildman–Crippen MR) is 121 cm³/mol. The van der Waals surface area contributed by atoms with Crippen molar-refractivity contribution in [1.82, 2.24) is 10.2 Å². The van der Waals surface area contributed by atoms with E-state index >= 15 is 0 Å². The monoisotopic (exact) mass is 420 g/mol. The molecule has 0 unspecified atom stereocenters. The Morgan fingerprint density at radius 3 is 2.52 bits per heavy atom. The number of nitrogens with one attached hydrogen (secondary N) is 1. The fourth-order valence-corrected chi connectivity index (χ4v) is 4.24. The Bertz CT molecular complexity index is 937. The zero-order valence-corrected chi connectivity index (χ0v) is 18.6. The van der Waals surface area contributed by atoms with Crippen molar-refractivity contribution in [2.24, 2.45) is 5.92 Å². The first-order chi connectivity index (χ1) is 15.0. The zero-order chi connectivity index (χ0) is 22.0. The second kappa shape index (κ2) is 9.13. The Labute approximate surface area is 184 Å². The van der Waals surface area contributed by atoms with E-state index in [9.17, 15) is 9.59 Å². The molecule has 1 fully saturated rings. The smallest absolute Gasteiger partial charge is 0.261 e. The number of carbonyl (C=O) groups excluding carboxylic acids is 2. The molecular formula is C26H32N2O3. The first-order valence-corrected chi connectivity index (χ1v) is 11.4. The van der Waals surface area contributed by atoms with Crippen molar-refractivity contribution in [1.29, 1.82) is 0 Å². The van der Waals surface area contributed by atoms with Crippen LogP contribution in [0.25, 0.3) is 0 Å². The van der Waals surface area contributed by atoms with Crippen LogP contribution in [0.15, 0.2) is 48.5 Å². The van der Waals surface area contributed by atoms with Crippen molar-refractivity contribution >= 4 is 11.8 Å². The van der Waals surface area contributed by atoms with Gasteiger partial charge in [-0.05, 0) is 54.5 Å². The van der Waals surface area contributed by atoms with E-state index in [1.54, 1.807) is 0 Å². The van der Waals surface area contributed by atoms with Crippen LogP contribution in [0.5, 0.6) is 5.75 Å². The van der Waals surface area contributed by atoms with E-state index in [1.807, 2.05) is 56.0 Å². The number of benzene rings is 2. The summed E-state index contributed by atoms with van der Waals surface area (Å²) in [4.78, 5) is 27.6. The van der Waals surface area contributed by atoms with Gasteiger partial charge in [0.15, 0.2) is 6.10 Å². The molecule has 2 amide bonds. The standard InChI is InChI=1S/C26H32N2O3/c1-4-23(25(29)27-20-11-12-20)31-21-13-10-18-14-15-28(26(30)17(2)3)24(22(18)16-21)19-8-6-5-7-9-19/h5-10,13,16-17,20,23-24H,4,11-12,14-15H2,1-3H3,(H,27,29)/t23-,24+/m1/s1. The topological polar surface area (TPSA) is 58.6 Å². The number of ether oxygens (including phenoxy) is 1. The lowest BCUT2D eigenvalue weighted by Crippen LogP contribution is -2.42. The molecule has 5 nitrogen and oxygen atoms in total. The minimum absolute atomic E-state index is 0.0426. The third-order valence-corrected chi connectivity index (χ3v) is 6.10. The quantitative estimate of drug-likeness (QED) is 0.728. The van der Waals surface area contributed by atoms with Crippen LogP contribution >= 0.6 is 0 Å². The fourth-order valence-electron chi connectivity index (χ4n) is 4.24. The van der Waals surface area contributed by atoms with Gasteiger partial charge in [-0.15, -0.1) is 0 Å². The van der Waals surface area contributed by atoms with E-state index in [2.05, 4.69) is 23.5 Å². The van der Waals surface area contributed by atoms with Crippen LogP contribution in [0, 0.1) is 5.92 Å². The lowest BCUT2D eigenvalue weighted by molar-refractivity contribution is -0.136. The molecule has 1 N–H and O–H groups in total. The Morgan fingerprint density at radius 1 is 1.13 bits per heavy atom. The molecule has 0 radical (unpaired) electrons. The maximum absolute atomic E-state index is 13.0. The van der Waals surface area contributed by atoms with E-state index in [0.29, 0.717) is 24.8 Å². The van der Waals surface area contributed by atoms with Gasteiger partial charge in [0.1, 0.15) is 5.75 Å². The molecule has 1 saturated carbocycles. The molecule has 4 rings (SSSR count). The van der Waals surface area contributed by atoms with E-state index < -0.39 is 6.10 Å². The highest BCUT2D eigenvalue weighted by molar-refractivity contribution is 5.82. The van der Waals surface area contributed by atoms with Crippen molar-refractivity contribution in [2.45, 2.75) is 64.6 Å². The van der Waals surface area contributed by atoms with Crippen LogP contribution in [0.1, 0.15) is 62.8 Å². The first kappa shape index (κ1) is 21.4. The van der Waals surface area contributed by atoms with Gasteiger partial charge in [-0.3, -0.25) is 9.59 Å². The Kier molecular flexibility index (Phi) is 6.30. The predicted octanol–water partition coefficient (Wildman–Crippen LogP) is 4.25. The van der Waals surface area contributed by atoms with Crippen molar-refractivity contribution in [2.75, 3.05) is 6.54 Å². The molecule has 31 heavy (non-hydrogen) atoms. The van der Waals surface area contributed by atoms with Crippen LogP contribution in [0.2, 0.25) is 0 Å². The highest BCUT2D eigenvalue weighted by Gasteiger charge is 2.34. The maximum atomic E-state index is 13.0. The summed E-state index contributed by atoms with van der Waals surface area (Å²) in [5, 5.41) is 3.04. The lowest BCUT2D eigenvalue weighted by Gasteiger charge is -2.39. The molecule has 1 aliphatic carbocycles. The largest absolute Gasteiger partial charge is 0.481 e. The van der Waals surface area contributed by atoms with Crippen LogP contribution in [0.3, 0.4) is 0 Å². The molecular weight excluding hydrogens is 388 g/mol. The van der Waals surface area contributed by atoms with Gasteiger partial charge in [-0.25, -0.2) is 0 Å². The molecule has 2 atom stereocenters. The minimum atomic E-state index is -0.509. The third kappa shape index (κ3) is 4.76. The maximum Gasteiger partial charge on any atom is 0.261 e. The summed E-state index contributed by atoms with van der Waals surface area (Å²) in [5.74, 6) is 0.721. The van der Waals surface area contributed by atoms with Crippen molar-refractivity contribution < 1.29 is 14.3 Å². The van der Waals surface area contributed by atoms with Gasteiger partial charge >= 0.3 is 0 Å². The number of nitrogens with zero attached hydrogens (tertiary/aromatic N) is 1. The van der Waals surface area contributed by atoms with Gasteiger partial charge in [-0.1, -0.05) is 57.2 Å². The number of hydrogen-bond donors (Lipinski definition) is 1. The second-order valence-corrected chi connectivity index (χ2v) is 8.91. The van der Waals surface area contributed by atoms with Crippen LogP contribution in [-0.4, -0.2) is 35.4 Å². The second-order valence-electron chi connectivity index (χ2n) is 8.91. The number of amides is 2. The molecule has 2 aliphatic rings. The number of carbonyl (C=O) groups is 2. The molecule has 5 heteroatoms. The molecule has 1 heterocycles. The first-order valence-electron chi connectivity index (χ1n) is 11.4. The van der Waals surface area contributed by atoms with Gasteiger partial charge in [0.25, 0.3) is 5.91 Å². The summed E-state index contributed by atoms with van der Waals surface area (Å²) in [6.45, 7) is 6.56. The molecule has 0 saturated heterocycles. The third-order valence-electron chi connectivity index (χ3n) is 6.10. The summed E-state index contributed by atoms with van der Waals surface area (Å²) < 4.78 is 6.13. The summed E-state index contributed by atoms with van der Waals surface area (Å²) in [6.07, 6.45) is 3.02. The van der Waals surface area contributed by atoms with Gasteiger partial charge in [-0.2, -0.15) is 0 Å². The van der Waals surface area contributed by atoms with E-state index in [4.69, 9.17) is 4.74 Å². The molecule has 0 aromatic heterocycles. The number of rotatable bonds is 7. The number of hydrogen-bond acceptors (Lipinski definition) is 3. The molecule has 1 aliphatic heterocycles. The Balaban J connectivity index is 1.65. The van der Waals surface area contributed by atoms with Crippen LogP contribution in [-0.2, 0) is 16.0 Å². The molecule has 0 spiro atoms. The highest BCUT2D eigenvalue weighted by Crippen LogP contribution is 2.38. The van der Waals surface area contributed by atoms with Gasteiger partial charge in [0.05, 0.1) is 6.04 Å². The summed E-state index contributed by atoms with van der Waals surface area (Å²) >= 11 is 0. The zero-order valence-electron chi connectivity index (χ0n) is 18.6. The molecule has 2 aromatic carbocycles. The van der Waals surface area contributed by atoms with Crippen molar-refractivity contribution in [3.05, 3.63) is 65.2 Å². The SMILES string of the molecule is CC[C@@H](Oc1ccc2c(c1)[C@H](c1ccccc1)N(C(=O)C(C)C)CC2)C(=O)NC1CC1. The fraction of sp³-hybridized carbons (Fsp3) is 0.462. The minimum Gasteiger partial charge on any atom is -0.481 e. The Hall–Kier alpha value is -2.82. The lowest BCUT2D eigenvalue weighted by atomic mass is 9.87. The summed E-state index contributed by atoms with van der Waals surface area (Å²) in [6, 6.07) is 16.4. The Morgan fingerprint density at radius 2 is 1.87 bits per heavy atom. The summed E-state index contributed by atoms with van der Waals surface area (Å²) in [7, 11) is 0. The highest BCUT2D eigenvalue weighted by atomic mass is 16.5. The van der Waals surface area contributed by atoms with Crippen LogP contribution in [0.4, 0.5) is 0 Å². The molecule has 2 aromatic rings. The van der Waals surface area contributed by atoms with Gasteiger partial charge < -0.3 is 15.0 Å². The van der Waals surface area contributed by atoms with Gasteiger partial charge in [0, 0.05) is 18.5 Å². The summed E-state index contributed by atoms with van der Waals surface area (Å²) in [5.41, 5.74) is 3.40. The van der Waals surface area contributed by atoms with E-state index in [0.717, 1.165) is 30.4 Å². The van der Waals surface area contributed by atoms with E-state index in [1.165, 1.54) is 5.56 Å². The normalized spacial score (nSPS) is 19.0. The van der Waals surface area contributed by atoms with Gasteiger partial charge in [0.2, 0.25) is 5.91 Å². The number of fused-ring (bicyclic) bond motifs is 1. The van der Waals surface area contributed by atoms with Crippen molar-refractivity contribution in [3.8, 4) is 5.75 Å². The molecule has 164 valence electrons. The average Bonchev–Trinajstić information content (AvgIpc) is 3.60.